The molecule has 0 aromatic heterocycles. The summed E-state index contributed by atoms with van der Waals surface area (Å²) in [6, 6.07) is 0. The Morgan fingerprint density at radius 3 is 2.89 bits per heavy atom. The number of hydrogen-bond donors (Lipinski definition) is 0. The van der Waals surface area contributed by atoms with E-state index in [2.05, 4.69) is 11.3 Å². The molecule has 0 radical (unpaired) electrons. The number of ether oxygens (including phenoxy) is 1. The highest BCUT2D eigenvalue weighted by Crippen LogP contribution is 1.88. The van der Waals surface area contributed by atoms with Gasteiger partial charge in [0.05, 0.1) is 6.42 Å². The summed E-state index contributed by atoms with van der Waals surface area (Å²) in [4.78, 5) is 10.4. The molecule has 0 aromatic rings. The lowest BCUT2D eigenvalue weighted by atomic mass is 10.5. The van der Waals surface area contributed by atoms with Crippen LogP contribution in [0.15, 0.2) is 12.7 Å². The lowest BCUT2D eigenvalue weighted by Crippen LogP contribution is -2.04. The fraction of sp³-hybridized carbons (Fsp3) is 0.500. The molecule has 0 heterocycles. The highest BCUT2D eigenvalue weighted by molar-refractivity contribution is 6.18. The zero-order valence-electron chi connectivity index (χ0n) is 5.10. The molecule has 0 aliphatic heterocycles. The largest absolute Gasteiger partial charge is 0.461 e. The van der Waals surface area contributed by atoms with Crippen LogP contribution in [0, 0.1) is 0 Å². The summed E-state index contributed by atoms with van der Waals surface area (Å²) in [7, 11) is 0. The van der Waals surface area contributed by atoms with E-state index in [0.29, 0.717) is 5.88 Å². The molecule has 0 atom stereocenters. The highest BCUT2D eigenvalue weighted by Gasteiger charge is 1.97. The summed E-state index contributed by atoms with van der Waals surface area (Å²) < 4.78 is 4.59. The van der Waals surface area contributed by atoms with Gasteiger partial charge in [0.15, 0.2) is 0 Å². The molecule has 0 fully saturated rings. The lowest BCUT2D eigenvalue weighted by molar-refractivity contribution is -0.141. The molecular formula is C6H9ClO2. The van der Waals surface area contributed by atoms with Gasteiger partial charge in [-0.3, -0.25) is 4.79 Å². The molecular weight excluding hydrogens is 140 g/mol. The molecule has 2 nitrogen and oxygen atoms in total. The fourth-order valence-corrected chi connectivity index (χ4v) is 0.455. The van der Waals surface area contributed by atoms with Crippen LogP contribution in [-0.2, 0) is 9.53 Å². The van der Waals surface area contributed by atoms with Gasteiger partial charge in [0, 0.05) is 5.88 Å². The summed E-state index contributed by atoms with van der Waals surface area (Å²) >= 11 is 5.25. The maximum atomic E-state index is 10.4. The van der Waals surface area contributed by atoms with Gasteiger partial charge in [0.2, 0.25) is 0 Å². The molecule has 0 unspecified atom stereocenters. The van der Waals surface area contributed by atoms with Crippen molar-refractivity contribution >= 4 is 17.6 Å². The number of carbonyl (C=O) groups excluding carboxylic acids is 1. The minimum Gasteiger partial charge on any atom is -0.461 e. The minimum atomic E-state index is -0.273. The van der Waals surface area contributed by atoms with Crippen LogP contribution in [0.5, 0.6) is 0 Å². The topological polar surface area (TPSA) is 26.3 Å². The van der Waals surface area contributed by atoms with Crippen LogP contribution in [-0.4, -0.2) is 18.5 Å². The Labute approximate surface area is 59.5 Å². The summed E-state index contributed by atoms with van der Waals surface area (Å²) in [5, 5.41) is 0. The van der Waals surface area contributed by atoms with Gasteiger partial charge in [-0.05, 0) is 0 Å². The fourth-order valence-electron chi connectivity index (χ4n) is 0.301. The van der Waals surface area contributed by atoms with Crippen molar-refractivity contribution in [1.29, 1.82) is 0 Å². The van der Waals surface area contributed by atoms with E-state index in [1.54, 1.807) is 0 Å². The quantitative estimate of drug-likeness (QED) is 0.342. The molecule has 0 bridgehead atoms. The van der Waals surface area contributed by atoms with Gasteiger partial charge in [-0.1, -0.05) is 12.7 Å². The third kappa shape index (κ3) is 5.37. The lowest BCUT2D eigenvalue weighted by Gasteiger charge is -1.96. The third-order valence-electron chi connectivity index (χ3n) is 0.661. The van der Waals surface area contributed by atoms with Crippen molar-refractivity contribution in [1.82, 2.24) is 0 Å². The molecule has 0 aliphatic rings. The van der Waals surface area contributed by atoms with Crippen molar-refractivity contribution in [2.75, 3.05) is 12.5 Å². The van der Waals surface area contributed by atoms with Crippen LogP contribution in [0.25, 0.3) is 0 Å². The monoisotopic (exact) mass is 148 g/mol. The van der Waals surface area contributed by atoms with Gasteiger partial charge in [-0.15, -0.1) is 11.6 Å². The third-order valence-corrected chi connectivity index (χ3v) is 0.850. The Morgan fingerprint density at radius 1 is 1.78 bits per heavy atom. The number of carbonyl (C=O) groups is 1. The first kappa shape index (κ1) is 8.50. The number of hydrogen-bond acceptors (Lipinski definition) is 2. The summed E-state index contributed by atoms with van der Waals surface area (Å²) in [5.41, 5.74) is 0. The second-order valence-corrected chi connectivity index (χ2v) is 1.79. The van der Waals surface area contributed by atoms with Crippen molar-refractivity contribution < 1.29 is 9.53 Å². The number of esters is 1. The Hall–Kier alpha value is -0.500. The van der Waals surface area contributed by atoms with Gasteiger partial charge in [-0.2, -0.15) is 0 Å². The van der Waals surface area contributed by atoms with Crippen molar-refractivity contribution in [2.45, 2.75) is 6.42 Å². The van der Waals surface area contributed by atoms with E-state index in [9.17, 15) is 4.79 Å². The SMILES string of the molecule is C=CCOC(=O)CCCl. The normalized spacial score (nSPS) is 8.56. The maximum Gasteiger partial charge on any atom is 0.307 e. The molecule has 3 heteroatoms. The van der Waals surface area contributed by atoms with Crippen molar-refractivity contribution in [3.05, 3.63) is 12.7 Å². The molecule has 0 aromatic carbocycles. The number of halogens is 1. The van der Waals surface area contributed by atoms with Crippen LogP contribution >= 0.6 is 11.6 Å². The number of alkyl halides is 1. The van der Waals surface area contributed by atoms with Crippen LogP contribution in [0.4, 0.5) is 0 Å². The van der Waals surface area contributed by atoms with E-state index in [4.69, 9.17) is 11.6 Å². The predicted molar refractivity (Wildman–Crippen MR) is 36.5 cm³/mol. The first-order valence-corrected chi connectivity index (χ1v) is 3.17. The zero-order valence-corrected chi connectivity index (χ0v) is 5.86. The molecule has 0 rings (SSSR count). The average Bonchev–Trinajstić information content (AvgIpc) is 1.85. The first-order chi connectivity index (χ1) is 4.31. The second-order valence-electron chi connectivity index (χ2n) is 1.41. The Morgan fingerprint density at radius 2 is 2.44 bits per heavy atom. The van der Waals surface area contributed by atoms with Gasteiger partial charge in [0.1, 0.15) is 6.61 Å². The molecule has 0 saturated heterocycles. The Kier molecular flexibility index (Phi) is 5.32. The van der Waals surface area contributed by atoms with E-state index < -0.39 is 0 Å². The molecule has 52 valence electrons. The molecule has 0 amide bonds. The van der Waals surface area contributed by atoms with Crippen molar-refractivity contribution in [2.24, 2.45) is 0 Å². The summed E-state index contributed by atoms with van der Waals surface area (Å²) in [6.07, 6.45) is 1.79. The number of rotatable bonds is 4. The second kappa shape index (κ2) is 5.63. The maximum absolute atomic E-state index is 10.4. The summed E-state index contributed by atoms with van der Waals surface area (Å²) in [6.45, 7) is 3.66. The van der Waals surface area contributed by atoms with Gasteiger partial charge < -0.3 is 4.74 Å². The van der Waals surface area contributed by atoms with E-state index in [1.165, 1.54) is 6.08 Å². The standard InChI is InChI=1S/C6H9ClO2/c1-2-5-9-6(8)3-4-7/h2H,1,3-5H2. The van der Waals surface area contributed by atoms with E-state index in [1.807, 2.05) is 0 Å². The summed E-state index contributed by atoms with van der Waals surface area (Å²) in [5.74, 6) is 0.0422. The zero-order chi connectivity index (χ0) is 7.11. The Balaban J connectivity index is 3.16. The molecule has 9 heavy (non-hydrogen) atoms. The van der Waals surface area contributed by atoms with Crippen LogP contribution < -0.4 is 0 Å². The van der Waals surface area contributed by atoms with Crippen LogP contribution in [0.3, 0.4) is 0 Å². The van der Waals surface area contributed by atoms with E-state index in [-0.39, 0.29) is 19.0 Å². The van der Waals surface area contributed by atoms with E-state index in [0.717, 1.165) is 0 Å². The smallest absolute Gasteiger partial charge is 0.307 e. The highest BCUT2D eigenvalue weighted by atomic mass is 35.5. The Bertz CT molecular complexity index is 101. The molecule has 0 aliphatic carbocycles. The van der Waals surface area contributed by atoms with Gasteiger partial charge >= 0.3 is 5.97 Å². The van der Waals surface area contributed by atoms with Crippen molar-refractivity contribution in [3.63, 3.8) is 0 Å². The molecule has 0 spiro atoms. The average molecular weight is 149 g/mol. The predicted octanol–water partition coefficient (Wildman–Crippen LogP) is 1.34. The van der Waals surface area contributed by atoms with Crippen molar-refractivity contribution in [3.8, 4) is 0 Å². The first-order valence-electron chi connectivity index (χ1n) is 2.63. The van der Waals surface area contributed by atoms with Gasteiger partial charge in [0.25, 0.3) is 0 Å². The van der Waals surface area contributed by atoms with Crippen LogP contribution in [0.2, 0.25) is 0 Å². The molecule has 0 N–H and O–H groups in total. The van der Waals surface area contributed by atoms with Crippen LogP contribution in [0.1, 0.15) is 6.42 Å². The minimum absolute atomic E-state index is 0.273. The molecule has 0 saturated carbocycles. The van der Waals surface area contributed by atoms with E-state index >= 15 is 0 Å². The van der Waals surface area contributed by atoms with Gasteiger partial charge in [-0.25, -0.2) is 0 Å².